The number of furan rings is 1. The predicted molar refractivity (Wildman–Crippen MR) is 284 cm³/mol. The van der Waals surface area contributed by atoms with Crippen molar-refractivity contribution in [2.24, 2.45) is 0 Å². The second-order valence-electron chi connectivity index (χ2n) is 19.5. The average Bonchev–Trinajstić information content (AvgIpc) is 4.01. The Morgan fingerprint density at radius 1 is 0.362 bits per heavy atom. The van der Waals surface area contributed by atoms with Crippen LogP contribution in [0.15, 0.2) is 229 Å². The van der Waals surface area contributed by atoms with Crippen LogP contribution in [-0.2, 0) is 10.8 Å². The molecule has 0 fully saturated rings. The van der Waals surface area contributed by atoms with Crippen LogP contribution in [0, 0.1) is 0 Å². The van der Waals surface area contributed by atoms with Crippen LogP contribution in [0.25, 0.3) is 76.9 Å². The van der Waals surface area contributed by atoms with Gasteiger partial charge in [0.2, 0.25) is 0 Å². The van der Waals surface area contributed by atoms with Gasteiger partial charge in [-0.15, -0.1) is 0 Å². The van der Waals surface area contributed by atoms with Crippen molar-refractivity contribution in [2.75, 3.05) is 4.90 Å². The van der Waals surface area contributed by atoms with Gasteiger partial charge >= 0.3 is 0 Å². The third-order valence-corrected chi connectivity index (χ3v) is 15.7. The number of rotatable bonds is 4. The van der Waals surface area contributed by atoms with E-state index in [4.69, 9.17) is 9.15 Å². The van der Waals surface area contributed by atoms with E-state index < -0.39 is 5.41 Å². The highest BCUT2D eigenvalue weighted by Gasteiger charge is 2.52. The second-order valence-corrected chi connectivity index (χ2v) is 19.5. The zero-order valence-electron chi connectivity index (χ0n) is 38.1. The number of benzene rings is 11. The first-order valence-electron chi connectivity index (χ1n) is 24.0. The van der Waals surface area contributed by atoms with Crippen LogP contribution >= 0.6 is 0 Å². The number of anilines is 3. The van der Waals surface area contributed by atoms with E-state index in [1.54, 1.807) is 0 Å². The Balaban J connectivity index is 1.03. The van der Waals surface area contributed by atoms with Gasteiger partial charge in [-0.2, -0.15) is 0 Å². The Kier molecular flexibility index (Phi) is 7.77. The van der Waals surface area contributed by atoms with Gasteiger partial charge in [0, 0.05) is 44.0 Å². The zero-order valence-corrected chi connectivity index (χ0v) is 38.1. The second kappa shape index (κ2) is 13.9. The first kappa shape index (κ1) is 38.4. The summed E-state index contributed by atoms with van der Waals surface area (Å²) in [5.41, 5.74) is 19.0. The topological polar surface area (TPSA) is 25.6 Å². The normalized spacial score (nSPS) is 14.3. The molecule has 3 nitrogen and oxygen atoms in total. The lowest BCUT2D eigenvalue weighted by Gasteiger charge is -2.40. The van der Waals surface area contributed by atoms with Crippen molar-refractivity contribution in [3.05, 3.63) is 258 Å². The van der Waals surface area contributed by atoms with Gasteiger partial charge in [-0.3, -0.25) is 0 Å². The van der Waals surface area contributed by atoms with Crippen molar-refractivity contribution < 1.29 is 9.15 Å². The standard InChI is InChI=1S/C66H43NO2/c1-65(2)51-26-11-7-21-45(51)46-36-35-42(39-56(46)65)67(58-30-16-32-60-62(58)50-24-10-14-31-59(50)68-60)57-29-13-9-22-47(57)48-25-15-28-53-61(48)49-23-8-12-27-52(49)66(53)54-37-33-40-17-3-5-19-43(40)63(54)69-64-44-20-6-4-18-41(44)34-38-55(64)66/h3-39H,1-2H3. The summed E-state index contributed by atoms with van der Waals surface area (Å²) in [5, 5.41) is 6.71. The SMILES string of the molecule is CC1(C)c2ccccc2-c2ccc(N(c3ccccc3-c3cccc4c3-c3ccccc3C43c4ccc5ccccc5c4Oc4c3ccc3ccccc43)c3cccc4oc5ccccc5c34)cc21. The first-order chi connectivity index (χ1) is 34.0. The fourth-order valence-electron chi connectivity index (χ4n) is 12.8. The minimum atomic E-state index is -0.671. The molecule has 0 bridgehead atoms. The van der Waals surface area contributed by atoms with Crippen molar-refractivity contribution in [3.63, 3.8) is 0 Å². The summed E-state index contributed by atoms with van der Waals surface area (Å²) in [4.78, 5) is 2.49. The molecule has 0 saturated carbocycles. The summed E-state index contributed by atoms with van der Waals surface area (Å²) in [6.45, 7) is 4.73. The zero-order chi connectivity index (χ0) is 45.6. The first-order valence-corrected chi connectivity index (χ1v) is 24.0. The monoisotopic (exact) mass is 881 g/mol. The quantitative estimate of drug-likeness (QED) is 0.176. The molecule has 1 aliphatic heterocycles. The van der Waals surface area contributed by atoms with Crippen LogP contribution < -0.4 is 9.64 Å². The molecule has 69 heavy (non-hydrogen) atoms. The van der Waals surface area contributed by atoms with Gasteiger partial charge in [0.25, 0.3) is 0 Å². The maximum atomic E-state index is 7.30. The van der Waals surface area contributed by atoms with Gasteiger partial charge in [-0.05, 0) is 97.2 Å². The van der Waals surface area contributed by atoms with Crippen molar-refractivity contribution >= 4 is 60.5 Å². The van der Waals surface area contributed by atoms with Crippen LogP contribution in [-0.4, -0.2) is 0 Å². The highest BCUT2D eigenvalue weighted by Crippen LogP contribution is 2.65. The van der Waals surface area contributed by atoms with Crippen LogP contribution in [0.4, 0.5) is 17.1 Å². The van der Waals surface area contributed by atoms with Crippen molar-refractivity contribution in [2.45, 2.75) is 24.7 Å². The number of nitrogens with zero attached hydrogens (tertiary/aromatic N) is 1. The molecular weight excluding hydrogens is 839 g/mol. The number of hydrogen-bond acceptors (Lipinski definition) is 3. The summed E-state index contributed by atoms with van der Waals surface area (Å²) in [7, 11) is 0. The highest BCUT2D eigenvalue weighted by atomic mass is 16.5. The van der Waals surface area contributed by atoms with Gasteiger partial charge in [0.1, 0.15) is 22.7 Å². The van der Waals surface area contributed by atoms with E-state index in [1.165, 1.54) is 50.1 Å². The Hall–Kier alpha value is -8.66. The summed E-state index contributed by atoms with van der Waals surface area (Å²) >= 11 is 0. The Bertz CT molecular complexity index is 4090. The molecule has 0 atom stereocenters. The minimum absolute atomic E-state index is 0.188. The van der Waals surface area contributed by atoms with E-state index in [-0.39, 0.29) is 5.41 Å². The molecule has 11 aromatic carbocycles. The van der Waals surface area contributed by atoms with Crippen LogP contribution in [0.1, 0.15) is 47.2 Å². The summed E-state index contributed by atoms with van der Waals surface area (Å²) < 4.78 is 13.9. The molecular formula is C66H43NO2. The van der Waals surface area contributed by atoms with E-state index in [9.17, 15) is 0 Å². The molecule has 3 heteroatoms. The maximum absolute atomic E-state index is 7.30. The van der Waals surface area contributed by atoms with E-state index in [0.717, 1.165) is 88.7 Å². The van der Waals surface area contributed by atoms with E-state index in [1.807, 2.05) is 0 Å². The van der Waals surface area contributed by atoms with Crippen LogP contribution in [0.2, 0.25) is 0 Å². The van der Waals surface area contributed by atoms with E-state index in [2.05, 4.69) is 243 Å². The van der Waals surface area contributed by atoms with Crippen molar-refractivity contribution in [1.29, 1.82) is 0 Å². The third-order valence-electron chi connectivity index (χ3n) is 15.7. The Morgan fingerprint density at radius 3 is 1.68 bits per heavy atom. The molecule has 324 valence electrons. The van der Waals surface area contributed by atoms with Gasteiger partial charge in [0.15, 0.2) is 0 Å². The lowest BCUT2D eigenvalue weighted by atomic mass is 9.65. The highest BCUT2D eigenvalue weighted by molar-refractivity contribution is 6.14. The molecule has 0 amide bonds. The van der Waals surface area contributed by atoms with Gasteiger partial charge < -0.3 is 14.1 Å². The molecule has 0 unspecified atom stereocenters. The Morgan fingerprint density at radius 2 is 0.913 bits per heavy atom. The molecule has 0 radical (unpaired) electrons. The number of hydrogen-bond donors (Lipinski definition) is 0. The van der Waals surface area contributed by atoms with Gasteiger partial charge in [0.05, 0.1) is 22.2 Å². The molecule has 0 N–H and O–H groups in total. The maximum Gasteiger partial charge on any atom is 0.140 e. The lowest BCUT2D eigenvalue weighted by Crippen LogP contribution is -2.32. The number of para-hydroxylation sites is 2. The molecule has 2 heterocycles. The van der Waals surface area contributed by atoms with Gasteiger partial charge in [-0.25, -0.2) is 0 Å². The molecule has 0 saturated heterocycles. The third kappa shape index (κ3) is 5.06. The average molecular weight is 882 g/mol. The summed E-state index contributed by atoms with van der Waals surface area (Å²) in [6.07, 6.45) is 0. The molecule has 2 aliphatic carbocycles. The summed E-state index contributed by atoms with van der Waals surface area (Å²) in [5.74, 6) is 1.83. The fourth-order valence-corrected chi connectivity index (χ4v) is 12.8. The van der Waals surface area contributed by atoms with Gasteiger partial charge in [-0.1, -0.05) is 202 Å². The van der Waals surface area contributed by atoms with Crippen molar-refractivity contribution in [1.82, 2.24) is 0 Å². The molecule has 12 aromatic rings. The largest absolute Gasteiger partial charge is 0.456 e. The van der Waals surface area contributed by atoms with Crippen molar-refractivity contribution in [3.8, 4) is 44.9 Å². The summed E-state index contributed by atoms with van der Waals surface area (Å²) in [6, 6.07) is 82.5. The van der Waals surface area contributed by atoms with Crippen LogP contribution in [0.3, 0.4) is 0 Å². The number of fused-ring (bicyclic) bond motifs is 19. The molecule has 1 spiro atoms. The predicted octanol–water partition coefficient (Wildman–Crippen LogP) is 17.8. The lowest BCUT2D eigenvalue weighted by molar-refractivity contribution is 0.447. The molecule has 1 aromatic heterocycles. The number of ether oxygens (including phenoxy) is 1. The molecule has 15 rings (SSSR count). The fraction of sp³-hybridized carbons (Fsp3) is 0.0606. The smallest absolute Gasteiger partial charge is 0.140 e. The van der Waals surface area contributed by atoms with E-state index in [0.29, 0.717) is 0 Å². The minimum Gasteiger partial charge on any atom is -0.456 e. The van der Waals surface area contributed by atoms with Crippen LogP contribution in [0.5, 0.6) is 11.5 Å². The molecule has 3 aliphatic rings. The van der Waals surface area contributed by atoms with E-state index >= 15 is 0 Å². The Labute approximate surface area is 400 Å².